The fourth-order valence-corrected chi connectivity index (χ4v) is 2.11. The zero-order valence-corrected chi connectivity index (χ0v) is 10.3. The Balaban J connectivity index is 2.75. The molecule has 1 N–H and O–H groups in total. The van der Waals surface area contributed by atoms with E-state index >= 15 is 0 Å². The van der Waals surface area contributed by atoms with Gasteiger partial charge in [-0.05, 0) is 12.5 Å². The molecule has 0 spiro atoms. The van der Waals surface area contributed by atoms with Gasteiger partial charge in [0.2, 0.25) is 5.91 Å². The van der Waals surface area contributed by atoms with Crippen molar-refractivity contribution in [2.24, 2.45) is 0 Å². The summed E-state index contributed by atoms with van der Waals surface area (Å²) < 4.78 is 0. The van der Waals surface area contributed by atoms with Crippen molar-refractivity contribution >= 4 is 29.2 Å². The highest BCUT2D eigenvalue weighted by atomic mass is 32.1. The number of hydrogen-bond acceptors (Lipinski definition) is 4. The van der Waals surface area contributed by atoms with Gasteiger partial charge in [-0.3, -0.25) is 9.59 Å². The third-order valence-corrected chi connectivity index (χ3v) is 3.04. The van der Waals surface area contributed by atoms with Crippen LogP contribution in [0, 0.1) is 0 Å². The average molecular weight is 240 g/mol. The van der Waals surface area contributed by atoms with Gasteiger partial charge in [-0.2, -0.15) is 0 Å². The molecule has 1 amide bonds. The van der Waals surface area contributed by atoms with Crippen LogP contribution in [0.15, 0.2) is 11.4 Å². The van der Waals surface area contributed by atoms with Crippen LogP contribution in [0.25, 0.3) is 0 Å². The quantitative estimate of drug-likeness (QED) is 0.767. The molecule has 16 heavy (non-hydrogen) atoms. The van der Waals surface area contributed by atoms with Crippen molar-refractivity contribution in [3.8, 4) is 0 Å². The molecular weight excluding hydrogens is 224 g/mol. The molecular formula is C11H16N2O2S. The maximum atomic E-state index is 11.3. The summed E-state index contributed by atoms with van der Waals surface area (Å²) in [6.45, 7) is 3.20. The number of hydrogen-bond donors (Lipinski definition) is 1. The monoisotopic (exact) mass is 240 g/mol. The molecule has 5 heteroatoms. The van der Waals surface area contributed by atoms with E-state index in [1.807, 2.05) is 16.3 Å². The van der Waals surface area contributed by atoms with E-state index in [0.29, 0.717) is 11.4 Å². The van der Waals surface area contributed by atoms with Crippen molar-refractivity contribution in [1.82, 2.24) is 5.32 Å². The van der Waals surface area contributed by atoms with Gasteiger partial charge in [0.25, 0.3) is 0 Å². The SMILES string of the molecule is CCCN(CC(=O)NC)c1csc(C=O)c1. The van der Waals surface area contributed by atoms with E-state index in [2.05, 4.69) is 12.2 Å². The highest BCUT2D eigenvalue weighted by molar-refractivity contribution is 7.12. The second-order valence-electron chi connectivity index (χ2n) is 3.42. The van der Waals surface area contributed by atoms with E-state index in [9.17, 15) is 9.59 Å². The Morgan fingerprint density at radius 1 is 1.62 bits per heavy atom. The average Bonchev–Trinajstić information content (AvgIpc) is 2.76. The summed E-state index contributed by atoms with van der Waals surface area (Å²) in [5.41, 5.74) is 0.942. The van der Waals surface area contributed by atoms with Crippen molar-refractivity contribution in [2.45, 2.75) is 13.3 Å². The van der Waals surface area contributed by atoms with Crippen molar-refractivity contribution in [3.05, 3.63) is 16.3 Å². The lowest BCUT2D eigenvalue weighted by molar-refractivity contribution is -0.119. The summed E-state index contributed by atoms with van der Waals surface area (Å²) in [4.78, 5) is 24.6. The minimum absolute atomic E-state index is 0.0210. The van der Waals surface area contributed by atoms with Gasteiger partial charge >= 0.3 is 0 Å². The standard InChI is InChI=1S/C11H16N2O2S/c1-3-4-13(6-11(15)12-2)9-5-10(7-14)16-8-9/h5,7-8H,3-4,6H2,1-2H3,(H,12,15). The molecule has 0 fully saturated rings. The number of nitrogens with zero attached hydrogens (tertiary/aromatic N) is 1. The molecule has 0 aromatic carbocycles. The molecule has 0 atom stereocenters. The lowest BCUT2D eigenvalue weighted by Gasteiger charge is -2.21. The van der Waals surface area contributed by atoms with Crippen molar-refractivity contribution in [2.75, 3.05) is 25.0 Å². The molecule has 0 aliphatic rings. The molecule has 0 unspecified atom stereocenters. The van der Waals surface area contributed by atoms with E-state index < -0.39 is 0 Å². The van der Waals surface area contributed by atoms with Crippen LogP contribution in [-0.2, 0) is 4.79 Å². The van der Waals surface area contributed by atoms with Gasteiger partial charge in [0.15, 0.2) is 6.29 Å². The van der Waals surface area contributed by atoms with Crippen molar-refractivity contribution in [1.29, 1.82) is 0 Å². The summed E-state index contributed by atoms with van der Waals surface area (Å²) >= 11 is 1.40. The van der Waals surface area contributed by atoms with Gasteiger partial charge in [0, 0.05) is 24.7 Å². The second-order valence-corrected chi connectivity index (χ2v) is 4.36. The molecule has 0 aliphatic heterocycles. The largest absolute Gasteiger partial charge is 0.362 e. The number of amides is 1. The van der Waals surface area contributed by atoms with Gasteiger partial charge in [-0.25, -0.2) is 0 Å². The maximum Gasteiger partial charge on any atom is 0.239 e. The van der Waals surface area contributed by atoms with Crippen LogP contribution in [0.5, 0.6) is 0 Å². The number of aldehydes is 1. The Hall–Kier alpha value is -1.36. The number of anilines is 1. The minimum Gasteiger partial charge on any atom is -0.362 e. The molecule has 4 nitrogen and oxygen atoms in total. The van der Waals surface area contributed by atoms with Gasteiger partial charge < -0.3 is 10.2 Å². The molecule has 0 bridgehead atoms. The van der Waals surface area contributed by atoms with E-state index in [1.165, 1.54) is 11.3 Å². The summed E-state index contributed by atoms with van der Waals surface area (Å²) in [5, 5.41) is 4.50. The Bertz CT molecular complexity index is 363. The first kappa shape index (κ1) is 12.7. The molecule has 1 rings (SSSR count). The molecule has 0 aliphatic carbocycles. The smallest absolute Gasteiger partial charge is 0.239 e. The molecule has 0 saturated heterocycles. The number of nitrogens with one attached hydrogen (secondary N) is 1. The number of thiophene rings is 1. The molecule has 0 radical (unpaired) electrons. The number of carbonyl (C=O) groups excluding carboxylic acids is 2. The zero-order chi connectivity index (χ0) is 12.0. The Morgan fingerprint density at radius 3 is 2.88 bits per heavy atom. The third kappa shape index (κ3) is 3.34. The van der Waals surface area contributed by atoms with Crippen LogP contribution in [0.4, 0.5) is 5.69 Å². The van der Waals surface area contributed by atoms with Crippen molar-refractivity contribution in [3.63, 3.8) is 0 Å². The first-order valence-corrected chi connectivity index (χ1v) is 6.08. The maximum absolute atomic E-state index is 11.3. The van der Waals surface area contributed by atoms with Crippen molar-refractivity contribution < 1.29 is 9.59 Å². The Kier molecular flexibility index (Phi) is 4.98. The third-order valence-electron chi connectivity index (χ3n) is 2.19. The fraction of sp³-hybridized carbons (Fsp3) is 0.455. The van der Waals surface area contributed by atoms with Crippen LogP contribution in [-0.4, -0.2) is 32.3 Å². The van der Waals surface area contributed by atoms with Gasteiger partial charge in [0.05, 0.1) is 11.4 Å². The zero-order valence-electron chi connectivity index (χ0n) is 9.53. The Labute approximate surface area is 99.3 Å². The summed E-state index contributed by atoms with van der Waals surface area (Å²) in [7, 11) is 1.62. The van der Waals surface area contributed by atoms with Gasteiger partial charge in [0.1, 0.15) is 0 Å². The number of likely N-dealkylation sites (N-methyl/N-ethyl adjacent to an activating group) is 1. The summed E-state index contributed by atoms with van der Waals surface area (Å²) in [5.74, 6) is -0.0210. The van der Waals surface area contributed by atoms with Gasteiger partial charge in [-0.15, -0.1) is 11.3 Å². The van der Waals surface area contributed by atoms with Crippen LogP contribution < -0.4 is 10.2 Å². The number of rotatable bonds is 6. The van der Waals surface area contributed by atoms with E-state index in [0.717, 1.165) is 24.9 Å². The van der Waals surface area contributed by atoms with E-state index in [-0.39, 0.29) is 5.91 Å². The highest BCUT2D eigenvalue weighted by Gasteiger charge is 2.11. The Morgan fingerprint density at radius 2 is 2.38 bits per heavy atom. The highest BCUT2D eigenvalue weighted by Crippen LogP contribution is 2.22. The first-order chi connectivity index (χ1) is 7.71. The molecule has 1 heterocycles. The lowest BCUT2D eigenvalue weighted by atomic mass is 10.3. The topological polar surface area (TPSA) is 49.4 Å². The summed E-state index contributed by atoms with van der Waals surface area (Å²) in [6.07, 6.45) is 1.79. The predicted molar refractivity (Wildman–Crippen MR) is 66.3 cm³/mol. The van der Waals surface area contributed by atoms with Crippen LogP contribution in [0.2, 0.25) is 0 Å². The molecule has 1 aromatic rings. The molecule has 1 aromatic heterocycles. The van der Waals surface area contributed by atoms with Crippen LogP contribution in [0.3, 0.4) is 0 Å². The van der Waals surface area contributed by atoms with Crippen LogP contribution >= 0.6 is 11.3 Å². The normalized spacial score (nSPS) is 9.88. The minimum atomic E-state index is -0.0210. The predicted octanol–water partition coefficient (Wildman–Crippen LogP) is 1.52. The molecule has 0 saturated carbocycles. The first-order valence-electron chi connectivity index (χ1n) is 5.20. The fourth-order valence-electron chi connectivity index (χ4n) is 1.39. The lowest BCUT2D eigenvalue weighted by Crippen LogP contribution is -2.35. The number of carbonyl (C=O) groups is 2. The van der Waals surface area contributed by atoms with E-state index in [1.54, 1.807) is 7.05 Å². The second kappa shape index (κ2) is 6.27. The van der Waals surface area contributed by atoms with E-state index in [4.69, 9.17) is 0 Å². The summed E-state index contributed by atoms with van der Waals surface area (Å²) in [6, 6.07) is 1.82. The van der Waals surface area contributed by atoms with Gasteiger partial charge in [-0.1, -0.05) is 6.92 Å². The molecule has 88 valence electrons. The van der Waals surface area contributed by atoms with Crippen LogP contribution in [0.1, 0.15) is 23.0 Å².